The second-order valence-corrected chi connectivity index (χ2v) is 8.01. The molecule has 0 bridgehead atoms. The minimum atomic E-state index is -0.310. The first-order valence-corrected chi connectivity index (χ1v) is 9.88. The summed E-state index contributed by atoms with van der Waals surface area (Å²) in [6.07, 6.45) is 1.61. The Kier molecular flexibility index (Phi) is 7.41. The van der Waals surface area contributed by atoms with Gasteiger partial charge >= 0.3 is 0 Å². The molecule has 2 aromatic rings. The molecule has 0 spiro atoms. The number of hydrogen-bond donors (Lipinski definition) is 1. The van der Waals surface area contributed by atoms with Gasteiger partial charge in [-0.3, -0.25) is 4.79 Å². The summed E-state index contributed by atoms with van der Waals surface area (Å²) in [6.45, 7) is 8.07. The Hall–Kier alpha value is -1.66. The van der Waals surface area contributed by atoms with Crippen LogP contribution in [0.5, 0.6) is 5.75 Å². The number of carbonyl (C=O) groups is 1. The van der Waals surface area contributed by atoms with Crippen LogP contribution >= 0.6 is 31.9 Å². The Bertz CT molecular complexity index is 816. The highest BCUT2D eigenvalue weighted by Gasteiger charge is 2.17. The van der Waals surface area contributed by atoms with Crippen LogP contribution in [-0.2, 0) is 4.79 Å². The third kappa shape index (κ3) is 5.42. The molecule has 0 atom stereocenters. The summed E-state index contributed by atoms with van der Waals surface area (Å²) >= 11 is 7.13. The summed E-state index contributed by atoms with van der Waals surface area (Å²) < 4.78 is 7.65. The number of carbonyl (C=O) groups excluding carboxylic acids is 1. The molecule has 0 radical (unpaired) electrons. The monoisotopic (exact) mass is 480 g/mol. The van der Waals surface area contributed by atoms with E-state index in [1.54, 1.807) is 6.21 Å². The van der Waals surface area contributed by atoms with Gasteiger partial charge in [-0.15, -0.1) is 0 Å². The minimum absolute atomic E-state index is 0.107. The molecule has 0 aliphatic rings. The molecule has 0 fully saturated rings. The van der Waals surface area contributed by atoms with Crippen molar-refractivity contribution < 1.29 is 9.53 Å². The summed E-state index contributed by atoms with van der Waals surface area (Å²) in [4.78, 5) is 12.0. The van der Waals surface area contributed by atoms with E-state index in [0.29, 0.717) is 5.75 Å². The zero-order valence-electron chi connectivity index (χ0n) is 15.3. The van der Waals surface area contributed by atoms with E-state index in [-0.39, 0.29) is 18.4 Å². The molecule has 1 N–H and O–H groups in total. The summed E-state index contributed by atoms with van der Waals surface area (Å²) in [6, 6.07) is 9.91. The molecular formula is C20H22Br2N2O2. The highest BCUT2D eigenvalue weighted by Crippen LogP contribution is 2.40. The molecule has 4 nitrogen and oxygen atoms in total. The molecule has 0 heterocycles. The smallest absolute Gasteiger partial charge is 0.277 e. The number of nitrogens with one attached hydrogen (secondary N) is 1. The van der Waals surface area contributed by atoms with Crippen molar-refractivity contribution >= 4 is 44.0 Å². The van der Waals surface area contributed by atoms with Crippen molar-refractivity contribution in [3.63, 3.8) is 0 Å². The molecule has 0 aliphatic heterocycles. The predicted molar refractivity (Wildman–Crippen MR) is 113 cm³/mol. The molecule has 0 aromatic heterocycles. The molecular weight excluding hydrogens is 460 g/mol. The van der Waals surface area contributed by atoms with Gasteiger partial charge in [0.05, 0.1) is 10.7 Å². The number of hydrogen-bond acceptors (Lipinski definition) is 3. The SMILES string of the molecule is Cc1ccc(/C=N/NC(=O)COc2c(C(C)C)cc(Br)c(C)c2Br)cc1. The maximum atomic E-state index is 12.0. The molecule has 2 aromatic carbocycles. The standard InChI is InChI=1S/C20H22Br2N2O2/c1-12(2)16-9-17(21)14(4)19(22)20(16)26-11-18(25)24-23-10-15-7-5-13(3)6-8-15/h5-10,12H,11H2,1-4H3,(H,24,25)/b23-10+. The maximum Gasteiger partial charge on any atom is 0.277 e. The van der Waals surface area contributed by atoms with Crippen LogP contribution < -0.4 is 10.2 Å². The first-order chi connectivity index (χ1) is 12.3. The van der Waals surface area contributed by atoms with Crippen LogP contribution in [-0.4, -0.2) is 18.7 Å². The van der Waals surface area contributed by atoms with Crippen LogP contribution in [0.2, 0.25) is 0 Å². The molecule has 0 aliphatic carbocycles. The lowest BCUT2D eigenvalue weighted by Crippen LogP contribution is -2.25. The normalized spacial score (nSPS) is 11.2. The third-order valence-electron chi connectivity index (χ3n) is 3.88. The van der Waals surface area contributed by atoms with E-state index >= 15 is 0 Å². The van der Waals surface area contributed by atoms with Gasteiger partial charge in [0, 0.05) is 4.47 Å². The van der Waals surface area contributed by atoms with Gasteiger partial charge in [-0.1, -0.05) is 59.6 Å². The van der Waals surface area contributed by atoms with Gasteiger partial charge in [-0.05, 0) is 58.5 Å². The number of ether oxygens (including phenoxy) is 1. The second-order valence-electron chi connectivity index (χ2n) is 6.36. The van der Waals surface area contributed by atoms with Crippen molar-refractivity contribution in [3.8, 4) is 5.75 Å². The molecule has 6 heteroatoms. The lowest BCUT2D eigenvalue weighted by atomic mass is 10.0. The van der Waals surface area contributed by atoms with E-state index in [9.17, 15) is 4.79 Å². The number of halogens is 2. The van der Waals surface area contributed by atoms with Crippen molar-refractivity contribution in [3.05, 3.63) is 61.5 Å². The first kappa shape index (κ1) is 20.6. The Morgan fingerprint density at radius 2 is 1.88 bits per heavy atom. The van der Waals surface area contributed by atoms with Crippen molar-refractivity contribution in [2.75, 3.05) is 6.61 Å². The Labute approximate surface area is 171 Å². The molecule has 1 amide bonds. The zero-order valence-corrected chi connectivity index (χ0v) is 18.4. The Morgan fingerprint density at radius 3 is 2.50 bits per heavy atom. The molecule has 138 valence electrons. The molecule has 26 heavy (non-hydrogen) atoms. The maximum absolute atomic E-state index is 12.0. The van der Waals surface area contributed by atoms with E-state index in [1.807, 2.05) is 44.2 Å². The van der Waals surface area contributed by atoms with Gasteiger partial charge < -0.3 is 4.74 Å². The number of nitrogens with zero attached hydrogens (tertiary/aromatic N) is 1. The van der Waals surface area contributed by atoms with Crippen molar-refractivity contribution in [1.82, 2.24) is 5.43 Å². The van der Waals surface area contributed by atoms with Gasteiger partial charge in [0.15, 0.2) is 6.61 Å². The summed E-state index contributed by atoms with van der Waals surface area (Å²) in [5.74, 6) is 0.648. The topological polar surface area (TPSA) is 50.7 Å². The average molecular weight is 482 g/mol. The van der Waals surface area contributed by atoms with E-state index in [1.165, 1.54) is 5.56 Å². The fourth-order valence-electron chi connectivity index (χ4n) is 2.29. The molecule has 0 saturated heterocycles. The highest BCUT2D eigenvalue weighted by atomic mass is 79.9. The number of benzene rings is 2. The molecule has 2 rings (SSSR count). The second kappa shape index (κ2) is 9.33. The largest absolute Gasteiger partial charge is 0.482 e. The highest BCUT2D eigenvalue weighted by molar-refractivity contribution is 9.11. The van der Waals surface area contributed by atoms with E-state index in [4.69, 9.17) is 4.74 Å². The summed E-state index contributed by atoms with van der Waals surface area (Å²) in [5.41, 5.74) is 6.65. The minimum Gasteiger partial charge on any atom is -0.482 e. The van der Waals surface area contributed by atoms with Crippen molar-refractivity contribution in [2.24, 2.45) is 5.10 Å². The zero-order chi connectivity index (χ0) is 19.3. The Morgan fingerprint density at radius 1 is 1.23 bits per heavy atom. The quantitative estimate of drug-likeness (QED) is 0.438. The third-order valence-corrected chi connectivity index (χ3v) is 5.66. The van der Waals surface area contributed by atoms with Crippen molar-refractivity contribution in [1.29, 1.82) is 0 Å². The van der Waals surface area contributed by atoms with Crippen molar-refractivity contribution in [2.45, 2.75) is 33.6 Å². The lowest BCUT2D eigenvalue weighted by molar-refractivity contribution is -0.123. The lowest BCUT2D eigenvalue weighted by Gasteiger charge is -2.18. The van der Waals surface area contributed by atoms with Crippen LogP contribution in [0.3, 0.4) is 0 Å². The van der Waals surface area contributed by atoms with Gasteiger partial charge in [0.25, 0.3) is 5.91 Å². The summed E-state index contributed by atoms with van der Waals surface area (Å²) in [5, 5.41) is 3.97. The number of aryl methyl sites for hydroxylation is 1. The fraction of sp³-hybridized carbons (Fsp3) is 0.300. The first-order valence-electron chi connectivity index (χ1n) is 8.29. The number of hydrazone groups is 1. The summed E-state index contributed by atoms with van der Waals surface area (Å²) in [7, 11) is 0. The van der Waals surface area contributed by atoms with Crippen LogP contribution in [0.4, 0.5) is 0 Å². The predicted octanol–water partition coefficient (Wildman–Crippen LogP) is 5.48. The van der Waals surface area contributed by atoms with E-state index in [0.717, 1.165) is 25.6 Å². The van der Waals surface area contributed by atoms with Gasteiger partial charge in [0.1, 0.15) is 5.75 Å². The molecule has 0 saturated carbocycles. The van der Waals surface area contributed by atoms with Gasteiger partial charge in [-0.2, -0.15) is 5.10 Å². The van der Waals surface area contributed by atoms with Crippen LogP contribution in [0, 0.1) is 13.8 Å². The average Bonchev–Trinajstić information content (AvgIpc) is 2.60. The van der Waals surface area contributed by atoms with E-state index < -0.39 is 0 Å². The van der Waals surface area contributed by atoms with Crippen LogP contribution in [0.1, 0.15) is 42.0 Å². The number of rotatable bonds is 6. The van der Waals surface area contributed by atoms with Crippen LogP contribution in [0.25, 0.3) is 0 Å². The van der Waals surface area contributed by atoms with E-state index in [2.05, 4.69) is 56.2 Å². The molecule has 0 unspecified atom stereocenters. The van der Waals surface area contributed by atoms with Gasteiger partial charge in [0.2, 0.25) is 0 Å². The Balaban J connectivity index is 2.01. The van der Waals surface area contributed by atoms with Crippen LogP contribution in [0.15, 0.2) is 44.4 Å². The fourth-order valence-corrected chi connectivity index (χ4v) is 3.56. The number of amides is 1. The van der Waals surface area contributed by atoms with Gasteiger partial charge in [-0.25, -0.2) is 5.43 Å².